The van der Waals surface area contributed by atoms with Crippen molar-refractivity contribution in [1.29, 1.82) is 0 Å². The zero-order valence-corrected chi connectivity index (χ0v) is 18.1. The van der Waals surface area contributed by atoms with E-state index in [1.807, 2.05) is 11.0 Å². The van der Waals surface area contributed by atoms with E-state index in [0.717, 1.165) is 11.1 Å². The number of halogens is 1. The maximum Gasteiger partial charge on any atom is 0.209 e. The number of nitrogens with zero attached hydrogens (tertiary/aromatic N) is 3. The molecule has 30 heavy (non-hydrogen) atoms. The Morgan fingerprint density at radius 1 is 1.23 bits per heavy atom. The molecule has 1 atom stereocenters. The van der Waals surface area contributed by atoms with Crippen molar-refractivity contribution >= 4 is 34.4 Å². The predicted octanol–water partition coefficient (Wildman–Crippen LogP) is 4.08. The van der Waals surface area contributed by atoms with Crippen LogP contribution in [0.25, 0.3) is 0 Å². The first-order valence-electron chi connectivity index (χ1n) is 9.23. The fourth-order valence-electron chi connectivity index (χ4n) is 3.57. The number of β-amino-alcohol motifs (C(OH)–C–C–N with tert-alkyl or cyclic N) is 1. The van der Waals surface area contributed by atoms with E-state index >= 15 is 0 Å². The number of fused-ring (bicyclic) bond motifs is 1. The number of hydrogen-bond donors (Lipinski definition) is 2. The molecule has 2 heterocycles. The van der Waals surface area contributed by atoms with Crippen LogP contribution in [0.2, 0.25) is 0 Å². The standard InChI is InChI=1S/C20H21FN4O3S2/c1-27-16-7-8-17(28-2)18-12(16)9-24(10-15(18)26)11-25-20(29)30-19(23-25)22-14-6-4-3-5-13(14)21/h3-8,15,26H,9-11H2,1-2H3,(H,22,23). The molecule has 4 rings (SSSR count). The van der Waals surface area contributed by atoms with Crippen molar-refractivity contribution in [2.75, 3.05) is 26.1 Å². The van der Waals surface area contributed by atoms with Crippen LogP contribution in [0.3, 0.4) is 0 Å². The minimum Gasteiger partial charge on any atom is -0.496 e. The molecule has 10 heteroatoms. The summed E-state index contributed by atoms with van der Waals surface area (Å²) in [7, 11) is 3.19. The van der Waals surface area contributed by atoms with Gasteiger partial charge in [-0.05, 0) is 36.5 Å². The second-order valence-electron chi connectivity index (χ2n) is 6.81. The lowest BCUT2D eigenvalue weighted by Crippen LogP contribution is -2.35. The summed E-state index contributed by atoms with van der Waals surface area (Å²) in [5.41, 5.74) is 1.96. The largest absolute Gasteiger partial charge is 0.496 e. The van der Waals surface area contributed by atoms with Crippen LogP contribution in [0.5, 0.6) is 11.5 Å². The molecular weight excluding hydrogens is 427 g/mol. The molecule has 1 aromatic heterocycles. The van der Waals surface area contributed by atoms with Gasteiger partial charge in [0.1, 0.15) is 17.3 Å². The number of hydrogen-bond acceptors (Lipinski definition) is 8. The van der Waals surface area contributed by atoms with Crippen LogP contribution in [-0.2, 0) is 13.2 Å². The third-order valence-corrected chi connectivity index (χ3v) is 6.14. The summed E-state index contributed by atoms with van der Waals surface area (Å²) in [6, 6.07) is 10.0. The number of benzene rings is 2. The van der Waals surface area contributed by atoms with Crippen molar-refractivity contribution in [2.24, 2.45) is 0 Å². The van der Waals surface area contributed by atoms with Gasteiger partial charge in [-0.3, -0.25) is 4.90 Å². The second-order valence-corrected chi connectivity index (χ2v) is 8.43. The summed E-state index contributed by atoms with van der Waals surface area (Å²) in [6.45, 7) is 1.32. The van der Waals surface area contributed by atoms with E-state index in [-0.39, 0.29) is 5.82 Å². The topological polar surface area (TPSA) is 71.8 Å². The van der Waals surface area contributed by atoms with Crippen molar-refractivity contribution in [2.45, 2.75) is 19.3 Å². The van der Waals surface area contributed by atoms with E-state index in [4.69, 9.17) is 21.7 Å². The summed E-state index contributed by atoms with van der Waals surface area (Å²) < 4.78 is 27.0. The molecule has 0 aliphatic carbocycles. The van der Waals surface area contributed by atoms with Crippen LogP contribution < -0.4 is 14.8 Å². The molecule has 0 amide bonds. The highest BCUT2D eigenvalue weighted by atomic mass is 32.1. The normalized spacial score (nSPS) is 16.2. The first-order chi connectivity index (χ1) is 14.5. The maximum absolute atomic E-state index is 13.9. The molecule has 0 bridgehead atoms. The van der Waals surface area contributed by atoms with Crippen molar-refractivity contribution in [3.05, 3.63) is 57.3 Å². The highest BCUT2D eigenvalue weighted by Gasteiger charge is 2.30. The molecule has 2 N–H and O–H groups in total. The number of anilines is 2. The third kappa shape index (κ3) is 4.04. The zero-order valence-electron chi connectivity index (χ0n) is 16.5. The van der Waals surface area contributed by atoms with Crippen molar-refractivity contribution < 1.29 is 19.0 Å². The van der Waals surface area contributed by atoms with Crippen molar-refractivity contribution in [3.63, 3.8) is 0 Å². The predicted molar refractivity (Wildman–Crippen MR) is 116 cm³/mol. The Morgan fingerprint density at radius 2 is 1.97 bits per heavy atom. The van der Waals surface area contributed by atoms with E-state index in [1.165, 1.54) is 17.4 Å². The number of methoxy groups -OCH3 is 2. The van der Waals surface area contributed by atoms with Gasteiger partial charge in [-0.25, -0.2) is 9.07 Å². The number of rotatable bonds is 6. The highest BCUT2D eigenvalue weighted by Crippen LogP contribution is 2.39. The first-order valence-corrected chi connectivity index (χ1v) is 10.5. The summed E-state index contributed by atoms with van der Waals surface area (Å²) in [5.74, 6) is 0.972. The Kier molecular flexibility index (Phi) is 6.00. The van der Waals surface area contributed by atoms with Gasteiger partial charge in [-0.2, -0.15) is 0 Å². The molecule has 1 aliphatic heterocycles. The van der Waals surface area contributed by atoms with Gasteiger partial charge in [0, 0.05) is 24.2 Å². The lowest BCUT2D eigenvalue weighted by Gasteiger charge is -2.33. The SMILES string of the molecule is COc1ccc(OC)c2c1CN(Cn1nc(Nc3ccccc3F)sc1=S)CC2O. The molecule has 7 nitrogen and oxygen atoms in total. The lowest BCUT2D eigenvalue weighted by molar-refractivity contribution is 0.0673. The minimum atomic E-state index is -0.734. The molecule has 158 valence electrons. The van der Waals surface area contributed by atoms with Gasteiger partial charge >= 0.3 is 0 Å². The first kappa shape index (κ1) is 20.7. The monoisotopic (exact) mass is 448 g/mol. The Balaban J connectivity index is 1.56. The van der Waals surface area contributed by atoms with Crippen LogP contribution in [-0.4, -0.2) is 40.6 Å². The summed E-state index contributed by atoms with van der Waals surface area (Å²) in [4.78, 5) is 2.03. The Bertz CT molecular complexity index is 1120. The van der Waals surface area contributed by atoms with Gasteiger partial charge in [0.2, 0.25) is 5.13 Å². The fourth-order valence-corrected chi connectivity index (χ4v) is 4.57. The number of aromatic nitrogens is 2. The zero-order chi connectivity index (χ0) is 21.3. The maximum atomic E-state index is 13.9. The second kappa shape index (κ2) is 8.68. The Labute approximate surface area is 182 Å². The minimum absolute atomic E-state index is 0.340. The van der Waals surface area contributed by atoms with Gasteiger partial charge in [-0.15, -0.1) is 5.10 Å². The van der Waals surface area contributed by atoms with Gasteiger partial charge in [-0.1, -0.05) is 23.5 Å². The van der Waals surface area contributed by atoms with Crippen molar-refractivity contribution in [3.8, 4) is 11.5 Å². The van der Waals surface area contributed by atoms with Gasteiger partial charge in [0.25, 0.3) is 0 Å². The third-order valence-electron chi connectivity index (χ3n) is 4.92. The molecule has 0 saturated carbocycles. The van der Waals surface area contributed by atoms with Crippen LogP contribution in [0, 0.1) is 9.77 Å². The fraction of sp³-hybridized carbons (Fsp3) is 0.300. The number of aliphatic hydroxyl groups excluding tert-OH is 1. The van der Waals surface area contributed by atoms with Crippen molar-refractivity contribution in [1.82, 2.24) is 14.7 Å². The summed E-state index contributed by atoms with van der Waals surface area (Å²) in [5, 5.41) is 18.7. The smallest absolute Gasteiger partial charge is 0.209 e. The summed E-state index contributed by atoms with van der Waals surface area (Å²) in [6.07, 6.45) is -0.734. The van der Waals surface area contributed by atoms with Crippen LogP contribution in [0.4, 0.5) is 15.2 Å². The van der Waals surface area contributed by atoms with Gasteiger partial charge < -0.3 is 19.9 Å². The van der Waals surface area contributed by atoms with Gasteiger partial charge in [0.15, 0.2) is 3.95 Å². The molecule has 0 spiro atoms. The van der Waals surface area contributed by atoms with Crippen LogP contribution >= 0.6 is 23.6 Å². The number of aliphatic hydroxyl groups is 1. The average molecular weight is 449 g/mol. The molecule has 0 saturated heterocycles. The highest BCUT2D eigenvalue weighted by molar-refractivity contribution is 7.73. The van der Waals surface area contributed by atoms with Gasteiger partial charge in [0.05, 0.1) is 32.7 Å². The number of para-hydroxylation sites is 1. The Morgan fingerprint density at radius 3 is 2.70 bits per heavy atom. The number of ether oxygens (including phenoxy) is 2. The average Bonchev–Trinajstić information content (AvgIpc) is 3.07. The molecule has 1 unspecified atom stereocenters. The van der Waals surface area contributed by atoms with E-state index in [2.05, 4.69) is 10.4 Å². The Hall–Kier alpha value is -2.53. The van der Waals surface area contributed by atoms with Crippen LogP contribution in [0.15, 0.2) is 36.4 Å². The molecule has 1 aliphatic rings. The quantitative estimate of drug-likeness (QED) is 0.551. The molecule has 3 aromatic rings. The van der Waals surface area contributed by atoms with E-state index in [9.17, 15) is 9.50 Å². The lowest BCUT2D eigenvalue weighted by atomic mass is 9.95. The molecule has 2 aromatic carbocycles. The van der Waals surface area contributed by atoms with E-state index in [1.54, 1.807) is 43.2 Å². The van der Waals surface area contributed by atoms with E-state index in [0.29, 0.717) is 46.0 Å². The summed E-state index contributed by atoms with van der Waals surface area (Å²) >= 11 is 6.70. The molecule has 0 radical (unpaired) electrons. The molecular formula is C20H21FN4O3S2. The molecule has 0 fully saturated rings. The van der Waals surface area contributed by atoms with Crippen LogP contribution in [0.1, 0.15) is 17.2 Å². The van der Waals surface area contributed by atoms with E-state index < -0.39 is 6.10 Å². The number of nitrogens with one attached hydrogen (secondary N) is 1.